The summed E-state index contributed by atoms with van der Waals surface area (Å²) in [6, 6.07) is 0. The molecule has 0 aromatic carbocycles. The predicted octanol–water partition coefficient (Wildman–Crippen LogP) is 15.3. The molecule has 0 aromatic rings. The van der Waals surface area contributed by atoms with Crippen molar-refractivity contribution in [3.8, 4) is 0 Å². The Hall–Kier alpha value is 0.790. The summed E-state index contributed by atoms with van der Waals surface area (Å²) in [5.41, 5.74) is 0. The van der Waals surface area contributed by atoms with Crippen LogP contribution in [0.1, 0.15) is 235 Å². The van der Waals surface area contributed by atoms with Gasteiger partial charge in [-0.05, 0) is 51.4 Å². The number of hydrogen-bond donors (Lipinski definition) is 0. The fourth-order valence-corrected chi connectivity index (χ4v) is 7.75. The van der Waals surface area contributed by atoms with Crippen LogP contribution in [-0.4, -0.2) is 39.9 Å². The van der Waals surface area contributed by atoms with E-state index < -0.39 is 0 Å². The molecule has 0 spiro atoms. The molecule has 352 valence electrons. The average molecular weight is 1160 g/mol. The number of carbonyl (C=O) groups excluding carboxylic acids is 4. The molecule has 0 saturated carbocycles. The molecule has 0 fully saturated rings. The van der Waals surface area contributed by atoms with E-state index >= 15 is 0 Å². The standard InChI is InChI=1S/4C12H22OS2.Hf/c4*1-3-5-7-10(8-6-4-2)11(13)9-12(14)15;/h4*10H,3-9H2,1-2H3,(H,14,15);/q;;;;+4/p-4. The Labute approximate surface area is 439 Å². The third-order valence-electron chi connectivity index (χ3n) is 10.3. The molecule has 0 amide bonds. The number of carbonyl (C=O) groups is 4. The maximum absolute atomic E-state index is 11.8. The number of thiocarbonyl (C=S) groups is 4. The summed E-state index contributed by atoms with van der Waals surface area (Å²) in [5.74, 6) is 1.84. The average Bonchev–Trinajstić information content (AvgIpc) is 3.17. The molecule has 0 unspecified atom stereocenters. The maximum atomic E-state index is 11.8. The Balaban J connectivity index is -0.000000227. The quantitative estimate of drug-likeness (QED) is 0.0341. The Morgan fingerprint density at radius 3 is 0.508 bits per heavy atom. The molecule has 0 aliphatic heterocycles. The zero-order valence-corrected chi connectivity index (χ0v) is 49.6. The van der Waals surface area contributed by atoms with Crippen LogP contribution in [0, 0.1) is 23.7 Å². The number of ketones is 4. The molecule has 4 nitrogen and oxygen atoms in total. The minimum atomic E-state index is 0. The third kappa shape index (κ3) is 50.1. The Kier molecular flexibility index (Phi) is 60.1. The Bertz CT molecular complexity index is 959. The molecule has 0 bridgehead atoms. The van der Waals surface area contributed by atoms with E-state index in [1.54, 1.807) is 0 Å². The molecule has 0 rings (SSSR count). The van der Waals surface area contributed by atoms with Crippen LogP contribution in [-0.2, 0) is 95.5 Å². The van der Waals surface area contributed by atoms with Crippen molar-refractivity contribution in [1.82, 2.24) is 0 Å². The van der Waals surface area contributed by atoms with Crippen molar-refractivity contribution in [2.75, 3.05) is 0 Å². The minimum Gasteiger partial charge on any atom is -0.432 e. The molecule has 0 saturated heterocycles. The Morgan fingerprint density at radius 2 is 0.426 bits per heavy atom. The number of hydrogen-bond acceptors (Lipinski definition) is 12. The molecule has 13 heteroatoms. The third-order valence-corrected chi connectivity index (χ3v) is 11.5. The molecular formula is C48H84HfO4S8. The van der Waals surface area contributed by atoms with Crippen molar-refractivity contribution in [2.45, 2.75) is 235 Å². The molecule has 0 aliphatic rings. The van der Waals surface area contributed by atoms with Gasteiger partial charge in [-0.2, -0.15) is 0 Å². The van der Waals surface area contributed by atoms with Crippen LogP contribution in [0.15, 0.2) is 0 Å². The van der Waals surface area contributed by atoms with Crippen molar-refractivity contribution < 1.29 is 45.0 Å². The van der Waals surface area contributed by atoms with E-state index in [1.807, 2.05) is 0 Å². The predicted molar refractivity (Wildman–Crippen MR) is 289 cm³/mol. The normalized spacial score (nSPS) is 10.4. The second-order valence-corrected chi connectivity index (χ2v) is 21.0. The number of Topliss-reactive ketones (excluding diaryl/α,β-unsaturated/α-hetero) is 4. The summed E-state index contributed by atoms with van der Waals surface area (Å²) in [6.45, 7) is 17.2. The van der Waals surface area contributed by atoms with E-state index in [4.69, 9.17) is 99.4 Å². The largest absolute Gasteiger partial charge is 4.00 e. The molecule has 0 aromatic heterocycles. The summed E-state index contributed by atoms with van der Waals surface area (Å²) >= 11 is 38.5. The van der Waals surface area contributed by atoms with E-state index in [1.165, 1.54) is 0 Å². The van der Waals surface area contributed by atoms with Crippen LogP contribution < -0.4 is 0 Å². The van der Waals surface area contributed by atoms with Crippen molar-refractivity contribution in [3.63, 3.8) is 0 Å². The summed E-state index contributed by atoms with van der Waals surface area (Å²) in [4.78, 5) is 47.2. The molecule has 0 aliphatic carbocycles. The van der Waals surface area contributed by atoms with Gasteiger partial charge in [0.15, 0.2) is 0 Å². The first kappa shape index (κ1) is 70.8. The van der Waals surface area contributed by atoms with Crippen LogP contribution in [0.5, 0.6) is 0 Å². The molecule has 0 radical (unpaired) electrons. The van der Waals surface area contributed by atoms with Gasteiger partial charge >= 0.3 is 25.8 Å². The Morgan fingerprint density at radius 1 is 0.311 bits per heavy atom. The maximum Gasteiger partial charge on any atom is 4.00 e. The van der Waals surface area contributed by atoms with Gasteiger partial charge in [-0.15, -0.1) is 16.8 Å². The number of unbranched alkanes of at least 4 members (excludes halogenated alkanes) is 8. The second-order valence-electron chi connectivity index (χ2n) is 16.0. The van der Waals surface area contributed by atoms with Gasteiger partial charge in [0, 0.05) is 49.4 Å². The van der Waals surface area contributed by atoms with Gasteiger partial charge in [-0.1, -0.05) is 158 Å². The van der Waals surface area contributed by atoms with Crippen molar-refractivity contribution in [2.24, 2.45) is 23.7 Å². The topological polar surface area (TPSA) is 68.3 Å². The van der Waals surface area contributed by atoms with E-state index in [9.17, 15) is 19.2 Å². The van der Waals surface area contributed by atoms with E-state index in [0.29, 0.717) is 42.5 Å². The zero-order chi connectivity index (χ0) is 46.7. The SMILES string of the molecule is CCCCC(CCCC)C(=O)CC(=S)[S-].CCCCC(CCCC)C(=O)CC(=S)[S-].CCCCC(CCCC)C(=O)CC(=S)[S-].CCCCC(CCCC)C(=O)CC(=S)[S-].[Hf+4]. The van der Waals surface area contributed by atoms with E-state index in [2.05, 4.69) is 55.4 Å². The van der Waals surface area contributed by atoms with Crippen molar-refractivity contribution >= 4 is 139 Å². The van der Waals surface area contributed by atoms with Gasteiger partial charge in [0.1, 0.15) is 23.1 Å². The van der Waals surface area contributed by atoms with Gasteiger partial charge in [-0.25, -0.2) is 0 Å². The monoisotopic (exact) mass is 1160 g/mol. The molecule has 0 N–H and O–H groups in total. The number of rotatable bonds is 36. The summed E-state index contributed by atoms with van der Waals surface area (Å²) in [7, 11) is 0. The summed E-state index contributed by atoms with van der Waals surface area (Å²) in [6.07, 6.45) is 27.6. The van der Waals surface area contributed by atoms with Gasteiger partial charge in [0.25, 0.3) is 0 Å². The van der Waals surface area contributed by atoms with Crippen LogP contribution in [0.2, 0.25) is 0 Å². The zero-order valence-electron chi connectivity index (χ0n) is 39.5. The van der Waals surface area contributed by atoms with Crippen LogP contribution in [0.3, 0.4) is 0 Å². The molecular weight excluding hydrogens is 1080 g/mol. The van der Waals surface area contributed by atoms with Crippen molar-refractivity contribution in [1.29, 1.82) is 0 Å². The fourth-order valence-electron chi connectivity index (χ4n) is 6.62. The van der Waals surface area contributed by atoms with Gasteiger partial charge in [0.05, 0.1) is 0 Å². The summed E-state index contributed by atoms with van der Waals surface area (Å²) < 4.78 is 1.66. The van der Waals surface area contributed by atoms with Crippen LogP contribution >= 0.6 is 48.9 Å². The molecule has 0 atom stereocenters. The minimum absolute atomic E-state index is 0. The smallest absolute Gasteiger partial charge is 0.432 e. The van der Waals surface area contributed by atoms with Crippen molar-refractivity contribution in [3.05, 3.63) is 0 Å². The van der Waals surface area contributed by atoms with Gasteiger partial charge in [0.2, 0.25) is 0 Å². The van der Waals surface area contributed by atoms with Gasteiger partial charge < -0.3 is 99.4 Å². The van der Waals surface area contributed by atoms with E-state index in [0.717, 1.165) is 154 Å². The second kappa shape index (κ2) is 51.8. The van der Waals surface area contributed by atoms with Gasteiger partial charge in [-0.3, -0.25) is 19.2 Å². The first-order valence-corrected chi connectivity index (χ1v) is 26.6. The first-order valence-electron chi connectivity index (χ1n) is 23.4. The van der Waals surface area contributed by atoms with Crippen LogP contribution in [0.4, 0.5) is 0 Å². The first-order chi connectivity index (χ1) is 28.5. The van der Waals surface area contributed by atoms with Crippen LogP contribution in [0.25, 0.3) is 0 Å². The van der Waals surface area contributed by atoms with E-state index in [-0.39, 0.29) is 72.6 Å². The molecule has 0 heterocycles. The molecule has 61 heavy (non-hydrogen) atoms. The summed E-state index contributed by atoms with van der Waals surface area (Å²) in [5, 5.41) is 0. The fraction of sp³-hybridized carbons (Fsp3) is 0.833.